The summed E-state index contributed by atoms with van der Waals surface area (Å²) < 4.78 is 14.2. The van der Waals surface area contributed by atoms with Crippen LogP contribution in [0.1, 0.15) is 10.4 Å². The highest BCUT2D eigenvalue weighted by Gasteiger charge is 2.27. The number of carbonyl (C=O) groups excluding carboxylic acids is 1. The van der Waals surface area contributed by atoms with Crippen LogP contribution >= 0.6 is 0 Å². The van der Waals surface area contributed by atoms with Crippen LogP contribution in [0.2, 0.25) is 0 Å². The van der Waals surface area contributed by atoms with Crippen molar-refractivity contribution in [3.8, 4) is 0 Å². The van der Waals surface area contributed by atoms with Crippen molar-refractivity contribution in [1.29, 1.82) is 0 Å². The zero-order valence-corrected chi connectivity index (χ0v) is 13.1. The molecule has 0 unspecified atom stereocenters. The van der Waals surface area contributed by atoms with Gasteiger partial charge in [-0.2, -0.15) is 9.78 Å². The molecule has 7 heteroatoms. The molecule has 0 aliphatic carbocycles. The number of hydrogen-bond acceptors (Lipinski definition) is 4. The average molecular weight is 336 g/mol. The fourth-order valence-electron chi connectivity index (χ4n) is 2.79. The number of aromatic nitrogens is 2. The normalized spacial score (nSPS) is 14.0. The lowest BCUT2D eigenvalue weighted by atomic mass is 10.2. The predicted molar refractivity (Wildman–Crippen MR) is 91.1 cm³/mol. The number of amides is 1. The summed E-state index contributed by atoms with van der Waals surface area (Å²) in [6.45, 7) is 0.718. The minimum atomic E-state index is -0.417. The number of hydrogen-bond donors (Lipinski definition) is 0. The molecule has 4 rings (SSSR count). The molecule has 1 amide bonds. The molecule has 6 nitrogen and oxygen atoms in total. The Balaban J connectivity index is 1.75. The highest BCUT2D eigenvalue weighted by molar-refractivity contribution is 6.07. The van der Waals surface area contributed by atoms with Crippen LogP contribution in [0.5, 0.6) is 0 Å². The van der Waals surface area contributed by atoms with Gasteiger partial charge in [-0.1, -0.05) is 18.2 Å². The maximum atomic E-state index is 13.1. The van der Waals surface area contributed by atoms with Crippen molar-refractivity contribution in [2.45, 2.75) is 0 Å². The van der Waals surface area contributed by atoms with E-state index in [0.717, 1.165) is 10.1 Å². The third-order valence-electron chi connectivity index (χ3n) is 4.04. The first kappa shape index (κ1) is 15.2. The predicted octanol–water partition coefficient (Wildman–Crippen LogP) is 1.90. The van der Waals surface area contributed by atoms with Crippen molar-refractivity contribution < 1.29 is 9.18 Å². The Bertz CT molecular complexity index is 1060. The number of carbonyl (C=O) groups is 1. The van der Waals surface area contributed by atoms with Crippen LogP contribution in [0.25, 0.3) is 10.8 Å². The summed E-state index contributed by atoms with van der Waals surface area (Å²) in [5, 5.41) is 5.37. The molecule has 0 radical (unpaired) electrons. The summed E-state index contributed by atoms with van der Waals surface area (Å²) in [5.74, 6) is -0.581. The van der Waals surface area contributed by atoms with Crippen LogP contribution in [-0.2, 0) is 0 Å². The molecule has 0 N–H and O–H groups in total. The van der Waals surface area contributed by atoms with Crippen LogP contribution < -0.4 is 5.56 Å². The van der Waals surface area contributed by atoms with Gasteiger partial charge in [0, 0.05) is 17.5 Å². The van der Waals surface area contributed by atoms with E-state index < -0.39 is 5.82 Å². The van der Waals surface area contributed by atoms with Gasteiger partial charge in [0.2, 0.25) is 5.96 Å². The number of rotatable bonds is 1. The van der Waals surface area contributed by atoms with Crippen LogP contribution in [0, 0.1) is 5.82 Å². The Morgan fingerprint density at radius 3 is 2.64 bits per heavy atom. The van der Waals surface area contributed by atoms with E-state index in [2.05, 4.69) is 10.1 Å². The van der Waals surface area contributed by atoms with Gasteiger partial charge in [0.05, 0.1) is 18.1 Å². The molecule has 2 aromatic carbocycles. The number of fused-ring (bicyclic) bond motifs is 1. The summed E-state index contributed by atoms with van der Waals surface area (Å²) in [5.41, 5.74) is -0.0134. The third kappa shape index (κ3) is 2.59. The maximum Gasteiger partial charge on any atom is 0.282 e. The largest absolute Gasteiger partial charge is 0.282 e. The lowest BCUT2D eigenvalue weighted by Gasteiger charge is -2.18. The van der Waals surface area contributed by atoms with Gasteiger partial charge in [-0.05, 0) is 30.3 Å². The van der Waals surface area contributed by atoms with Crippen LogP contribution in [0.4, 0.5) is 4.39 Å². The van der Waals surface area contributed by atoms with Gasteiger partial charge in [0.15, 0.2) is 0 Å². The molecule has 2 heterocycles. The van der Waals surface area contributed by atoms with Gasteiger partial charge in [0.1, 0.15) is 5.82 Å². The first-order valence-electron chi connectivity index (χ1n) is 7.74. The molecule has 1 aliphatic heterocycles. The molecule has 0 spiro atoms. The molecule has 0 atom stereocenters. The summed E-state index contributed by atoms with van der Waals surface area (Å²) in [6, 6.07) is 12.4. The van der Waals surface area contributed by atoms with Crippen molar-refractivity contribution in [1.82, 2.24) is 14.7 Å². The van der Waals surface area contributed by atoms with Gasteiger partial charge in [-0.15, -0.1) is 0 Å². The maximum absolute atomic E-state index is 13.1. The molecular weight excluding hydrogens is 323 g/mol. The zero-order valence-electron chi connectivity index (χ0n) is 13.1. The molecule has 0 fully saturated rings. The Morgan fingerprint density at radius 1 is 1.08 bits per heavy atom. The highest BCUT2D eigenvalue weighted by Crippen LogP contribution is 2.12. The van der Waals surface area contributed by atoms with Gasteiger partial charge in [-0.25, -0.2) is 9.38 Å². The van der Waals surface area contributed by atoms with Crippen molar-refractivity contribution >= 4 is 22.6 Å². The average Bonchev–Trinajstić information content (AvgIpc) is 3.12. The van der Waals surface area contributed by atoms with Crippen molar-refractivity contribution in [3.63, 3.8) is 0 Å². The van der Waals surface area contributed by atoms with Gasteiger partial charge in [0.25, 0.3) is 11.5 Å². The fraction of sp³-hybridized carbons (Fsp3) is 0.111. The lowest BCUT2D eigenvalue weighted by molar-refractivity contribution is 0.0853. The monoisotopic (exact) mass is 336 g/mol. The Kier molecular flexibility index (Phi) is 3.61. The minimum Gasteiger partial charge on any atom is -0.275 e. The topological polar surface area (TPSA) is 67.6 Å². The van der Waals surface area contributed by atoms with Crippen LogP contribution in [0.15, 0.2) is 64.5 Å². The van der Waals surface area contributed by atoms with E-state index in [1.165, 1.54) is 29.2 Å². The standard InChI is InChI=1S/C18H13FN4O2/c19-14-7-5-12(6-8-14)16(24)22-10-9-20-18(22)23-17(25)15-4-2-1-3-13(15)11-21-23/h1-8,11H,9-10H2. The van der Waals surface area contributed by atoms with E-state index in [0.29, 0.717) is 24.0 Å². The quantitative estimate of drug-likeness (QED) is 0.681. The molecule has 124 valence electrons. The molecule has 3 aromatic rings. The fourth-order valence-corrected chi connectivity index (χ4v) is 2.79. The molecule has 0 saturated heterocycles. The highest BCUT2D eigenvalue weighted by atomic mass is 19.1. The first-order valence-corrected chi connectivity index (χ1v) is 7.74. The van der Waals surface area contributed by atoms with E-state index in [4.69, 9.17) is 0 Å². The van der Waals surface area contributed by atoms with E-state index in [1.807, 2.05) is 6.07 Å². The van der Waals surface area contributed by atoms with Crippen molar-refractivity contribution in [2.24, 2.45) is 4.99 Å². The van der Waals surface area contributed by atoms with Crippen LogP contribution in [-0.4, -0.2) is 39.6 Å². The second kappa shape index (κ2) is 5.94. The van der Waals surface area contributed by atoms with Crippen molar-refractivity contribution in [3.05, 3.63) is 76.5 Å². The summed E-state index contributed by atoms with van der Waals surface area (Å²) in [7, 11) is 0. The van der Waals surface area contributed by atoms with Gasteiger partial charge in [-0.3, -0.25) is 14.5 Å². The minimum absolute atomic E-state index is 0.185. The number of nitrogens with zero attached hydrogens (tertiary/aromatic N) is 4. The summed E-state index contributed by atoms with van der Waals surface area (Å²) >= 11 is 0. The lowest BCUT2D eigenvalue weighted by Crippen LogP contribution is -2.43. The zero-order chi connectivity index (χ0) is 17.4. The number of aliphatic imine (C=N–C) groups is 1. The van der Waals surface area contributed by atoms with Gasteiger partial charge < -0.3 is 0 Å². The molecule has 1 aliphatic rings. The van der Waals surface area contributed by atoms with Crippen LogP contribution in [0.3, 0.4) is 0 Å². The van der Waals surface area contributed by atoms with Crippen molar-refractivity contribution in [2.75, 3.05) is 13.1 Å². The summed E-state index contributed by atoms with van der Waals surface area (Å²) in [6.07, 6.45) is 1.57. The SMILES string of the molecule is O=C(c1ccc(F)cc1)N1CCN=C1n1ncc2ccccc2c1=O. The first-order chi connectivity index (χ1) is 12.1. The second-order valence-corrected chi connectivity index (χ2v) is 5.59. The van der Waals surface area contributed by atoms with E-state index in [-0.39, 0.29) is 17.4 Å². The molecular formula is C18H13FN4O2. The molecule has 25 heavy (non-hydrogen) atoms. The Labute approximate surface area is 141 Å². The Morgan fingerprint density at radius 2 is 1.84 bits per heavy atom. The number of halogens is 1. The summed E-state index contributed by atoms with van der Waals surface area (Å²) in [4.78, 5) is 31.0. The second-order valence-electron chi connectivity index (χ2n) is 5.59. The molecule has 0 bridgehead atoms. The third-order valence-corrected chi connectivity index (χ3v) is 4.04. The number of benzene rings is 2. The molecule has 0 saturated carbocycles. The Hall–Kier alpha value is -3.35. The van der Waals surface area contributed by atoms with E-state index in [1.54, 1.807) is 24.4 Å². The van der Waals surface area contributed by atoms with Gasteiger partial charge >= 0.3 is 0 Å². The smallest absolute Gasteiger partial charge is 0.275 e. The van der Waals surface area contributed by atoms with E-state index in [9.17, 15) is 14.0 Å². The molecule has 1 aromatic heterocycles. The van der Waals surface area contributed by atoms with E-state index >= 15 is 0 Å².